The normalized spacial score (nSPS) is 18.9. The smallest absolute Gasteiger partial charge is 0.137 e. The number of aromatic nitrogens is 3. The topological polar surface area (TPSA) is 42.2 Å². The van der Waals surface area contributed by atoms with E-state index in [4.69, 9.17) is 4.98 Å². The third-order valence-electron chi connectivity index (χ3n) is 4.68. The van der Waals surface area contributed by atoms with Gasteiger partial charge in [0.2, 0.25) is 0 Å². The lowest BCUT2D eigenvalue weighted by Crippen LogP contribution is -2.14. The van der Waals surface area contributed by atoms with Crippen molar-refractivity contribution in [1.29, 1.82) is 0 Å². The Hall–Kier alpha value is -2.20. The molecule has 23 heavy (non-hydrogen) atoms. The summed E-state index contributed by atoms with van der Waals surface area (Å²) in [7, 11) is 0. The van der Waals surface area contributed by atoms with Crippen LogP contribution in [0.15, 0.2) is 48.8 Å². The van der Waals surface area contributed by atoms with Crippen molar-refractivity contribution in [3.05, 3.63) is 54.5 Å². The average Bonchev–Trinajstić information content (AvgIpc) is 2.85. The van der Waals surface area contributed by atoms with Gasteiger partial charge in [-0.05, 0) is 69.0 Å². The monoisotopic (exact) mass is 306 g/mol. The van der Waals surface area contributed by atoms with Gasteiger partial charge in [0.15, 0.2) is 0 Å². The van der Waals surface area contributed by atoms with Gasteiger partial charge in [-0.25, -0.2) is 4.98 Å². The van der Waals surface area contributed by atoms with Crippen LogP contribution in [-0.4, -0.2) is 27.5 Å². The molecule has 4 heterocycles. The number of imidazole rings is 1. The molecule has 0 bridgehead atoms. The summed E-state index contributed by atoms with van der Waals surface area (Å²) in [4.78, 5) is 9.38. The average molecular weight is 306 g/mol. The molecular weight excluding hydrogens is 284 g/mol. The molecular formula is C19H22N4. The van der Waals surface area contributed by atoms with E-state index in [1.807, 2.05) is 30.6 Å². The van der Waals surface area contributed by atoms with E-state index in [9.17, 15) is 0 Å². The highest BCUT2D eigenvalue weighted by molar-refractivity contribution is 5.60. The summed E-state index contributed by atoms with van der Waals surface area (Å²) in [5, 5.41) is 3.48. The number of hydrogen-bond donors (Lipinski definition) is 1. The van der Waals surface area contributed by atoms with Crippen molar-refractivity contribution < 1.29 is 0 Å². The molecule has 0 spiro atoms. The van der Waals surface area contributed by atoms with E-state index in [1.54, 1.807) is 0 Å². The fourth-order valence-electron chi connectivity index (χ4n) is 3.45. The van der Waals surface area contributed by atoms with Crippen molar-refractivity contribution in [3.8, 4) is 11.4 Å². The van der Waals surface area contributed by atoms with Crippen LogP contribution in [0.3, 0.4) is 0 Å². The van der Waals surface area contributed by atoms with Gasteiger partial charge in [0.05, 0.1) is 17.6 Å². The molecule has 0 aromatic carbocycles. The summed E-state index contributed by atoms with van der Waals surface area (Å²) in [6.07, 6.45) is 8.86. The first-order valence-electron chi connectivity index (χ1n) is 8.49. The van der Waals surface area contributed by atoms with E-state index in [1.165, 1.54) is 25.0 Å². The van der Waals surface area contributed by atoms with Crippen molar-refractivity contribution in [2.45, 2.75) is 25.7 Å². The Balaban J connectivity index is 1.61. The Morgan fingerprint density at radius 3 is 3.09 bits per heavy atom. The number of fused-ring (bicyclic) bond motifs is 1. The predicted octanol–water partition coefficient (Wildman–Crippen LogP) is 3.33. The predicted molar refractivity (Wildman–Crippen MR) is 92.3 cm³/mol. The molecule has 1 atom stereocenters. The van der Waals surface area contributed by atoms with E-state index >= 15 is 0 Å². The van der Waals surface area contributed by atoms with E-state index in [0.717, 1.165) is 42.5 Å². The lowest BCUT2D eigenvalue weighted by atomic mass is 9.95. The molecule has 0 saturated carbocycles. The number of hydrogen-bond acceptors (Lipinski definition) is 3. The molecule has 4 rings (SSSR count). The molecule has 0 unspecified atom stereocenters. The molecule has 1 saturated heterocycles. The van der Waals surface area contributed by atoms with Crippen molar-refractivity contribution >= 4 is 5.65 Å². The molecule has 1 fully saturated rings. The van der Waals surface area contributed by atoms with E-state index < -0.39 is 0 Å². The van der Waals surface area contributed by atoms with E-state index in [0.29, 0.717) is 0 Å². The summed E-state index contributed by atoms with van der Waals surface area (Å²) in [6, 6.07) is 12.4. The first-order chi connectivity index (χ1) is 11.4. The first kappa shape index (κ1) is 14.4. The lowest BCUT2D eigenvalue weighted by molar-refractivity contribution is 0.465. The van der Waals surface area contributed by atoms with Crippen molar-refractivity contribution in [2.24, 2.45) is 5.92 Å². The van der Waals surface area contributed by atoms with E-state index in [2.05, 4.69) is 32.9 Å². The number of nitrogens with zero attached hydrogens (tertiary/aromatic N) is 3. The molecule has 0 radical (unpaired) electrons. The van der Waals surface area contributed by atoms with Crippen LogP contribution in [0.25, 0.3) is 17.0 Å². The number of nitrogens with one attached hydrogen (secondary N) is 1. The van der Waals surface area contributed by atoms with Crippen LogP contribution in [0, 0.1) is 5.92 Å². The minimum atomic E-state index is 0.745. The third-order valence-corrected chi connectivity index (χ3v) is 4.68. The fraction of sp³-hybridized carbons (Fsp3) is 0.368. The summed E-state index contributed by atoms with van der Waals surface area (Å²) in [5.41, 5.74) is 4.22. The zero-order valence-corrected chi connectivity index (χ0v) is 13.3. The molecule has 0 amide bonds. The van der Waals surface area contributed by atoms with Crippen LogP contribution >= 0.6 is 0 Å². The summed E-state index contributed by atoms with van der Waals surface area (Å²) in [6.45, 7) is 2.30. The van der Waals surface area contributed by atoms with Crippen LogP contribution in [-0.2, 0) is 6.42 Å². The second-order valence-electron chi connectivity index (χ2n) is 6.34. The summed E-state index contributed by atoms with van der Waals surface area (Å²) in [5.74, 6) is 0.745. The zero-order valence-electron chi connectivity index (χ0n) is 13.3. The highest BCUT2D eigenvalue weighted by Crippen LogP contribution is 2.22. The Morgan fingerprint density at radius 2 is 2.09 bits per heavy atom. The molecule has 1 N–H and O–H groups in total. The third kappa shape index (κ3) is 3.13. The van der Waals surface area contributed by atoms with E-state index in [-0.39, 0.29) is 0 Å². The largest absolute Gasteiger partial charge is 0.317 e. The summed E-state index contributed by atoms with van der Waals surface area (Å²) >= 11 is 0. The highest BCUT2D eigenvalue weighted by Gasteiger charge is 2.14. The van der Waals surface area contributed by atoms with Crippen molar-refractivity contribution in [2.75, 3.05) is 13.1 Å². The van der Waals surface area contributed by atoms with Gasteiger partial charge in [0.1, 0.15) is 5.65 Å². The maximum absolute atomic E-state index is 4.91. The minimum absolute atomic E-state index is 0.745. The first-order valence-corrected chi connectivity index (χ1v) is 8.49. The van der Waals surface area contributed by atoms with Crippen molar-refractivity contribution in [1.82, 2.24) is 19.7 Å². The second-order valence-corrected chi connectivity index (χ2v) is 6.34. The van der Waals surface area contributed by atoms with Gasteiger partial charge in [-0.15, -0.1) is 0 Å². The van der Waals surface area contributed by atoms with Crippen LogP contribution in [0.5, 0.6) is 0 Å². The maximum Gasteiger partial charge on any atom is 0.137 e. The molecule has 118 valence electrons. The molecule has 1 aliphatic heterocycles. The Labute approximate surface area is 136 Å². The van der Waals surface area contributed by atoms with Gasteiger partial charge in [-0.3, -0.25) is 9.38 Å². The standard InChI is InChI=1S/C19H22N4/c1-2-12-23-18(14-21-19(23)8-1)17-7-3-6-16(22-17)13-15-5-4-10-20-11-9-15/h1-3,6-8,12,14-15,20H,4-5,9-11,13H2/t15-/m1/s1. The fourth-order valence-corrected chi connectivity index (χ4v) is 3.45. The van der Waals surface area contributed by atoms with Gasteiger partial charge in [-0.1, -0.05) is 12.1 Å². The SMILES string of the molecule is c1cc(C[C@@H]2CCCNCC2)nc(-c2cnc3ccccn23)c1. The van der Waals surface area contributed by atoms with Crippen LogP contribution in [0.1, 0.15) is 25.0 Å². The molecule has 0 aliphatic carbocycles. The molecule has 3 aromatic rings. The Bertz CT molecular complexity index is 785. The minimum Gasteiger partial charge on any atom is -0.317 e. The van der Waals surface area contributed by atoms with Gasteiger partial charge >= 0.3 is 0 Å². The quantitative estimate of drug-likeness (QED) is 0.807. The van der Waals surface area contributed by atoms with Crippen LogP contribution in [0.2, 0.25) is 0 Å². The number of pyridine rings is 2. The molecule has 4 nitrogen and oxygen atoms in total. The Kier molecular flexibility index (Phi) is 4.07. The second kappa shape index (κ2) is 6.50. The van der Waals surface area contributed by atoms with Crippen LogP contribution < -0.4 is 5.32 Å². The van der Waals surface area contributed by atoms with Gasteiger partial charge in [-0.2, -0.15) is 0 Å². The van der Waals surface area contributed by atoms with Crippen LogP contribution in [0.4, 0.5) is 0 Å². The highest BCUT2D eigenvalue weighted by atomic mass is 15.0. The molecule has 3 aromatic heterocycles. The molecule has 1 aliphatic rings. The molecule has 4 heteroatoms. The maximum atomic E-state index is 4.91. The zero-order chi connectivity index (χ0) is 15.5. The van der Waals surface area contributed by atoms with Crippen molar-refractivity contribution in [3.63, 3.8) is 0 Å². The lowest BCUT2D eigenvalue weighted by Gasteiger charge is -2.13. The van der Waals surface area contributed by atoms with Gasteiger partial charge in [0, 0.05) is 11.9 Å². The number of rotatable bonds is 3. The van der Waals surface area contributed by atoms with Gasteiger partial charge in [0.25, 0.3) is 0 Å². The summed E-state index contributed by atoms with van der Waals surface area (Å²) < 4.78 is 2.10. The van der Waals surface area contributed by atoms with Gasteiger partial charge < -0.3 is 5.32 Å². The Morgan fingerprint density at radius 1 is 1.09 bits per heavy atom.